The Hall–Kier alpha value is -1.42. The largest absolute Gasteiger partial charge is 0.478 e. The normalized spacial score (nSPS) is 11.3. The van der Waals surface area contributed by atoms with E-state index in [1.165, 1.54) is 5.56 Å². The molecule has 0 radical (unpaired) electrons. The van der Waals surface area contributed by atoms with Gasteiger partial charge in [0.2, 0.25) is 0 Å². The number of hydrogen-bond acceptors (Lipinski definition) is 2. The maximum atomic E-state index is 11.0. The minimum Gasteiger partial charge on any atom is -0.478 e. The lowest BCUT2D eigenvalue weighted by atomic mass is 10.1. The van der Waals surface area contributed by atoms with E-state index in [2.05, 4.69) is 20.0 Å². The molecule has 0 aliphatic rings. The van der Waals surface area contributed by atoms with Gasteiger partial charge in [-0.25, -0.2) is 4.79 Å². The Balaban J connectivity index is 2.42. The lowest BCUT2D eigenvalue weighted by molar-refractivity contribution is 0.0697. The standard InChI is InChI=1S/C14H17NO2S/c1-9(2)18-8-11-7-15(3)13-6-10(14(16)17)4-5-12(11)13/h4-7,9H,8H2,1-3H3,(H,16,17). The highest BCUT2D eigenvalue weighted by Crippen LogP contribution is 2.27. The minimum atomic E-state index is -0.879. The molecule has 0 bridgehead atoms. The zero-order valence-corrected chi connectivity index (χ0v) is 11.6. The third kappa shape index (κ3) is 2.53. The average Bonchev–Trinajstić information content (AvgIpc) is 2.63. The highest BCUT2D eigenvalue weighted by molar-refractivity contribution is 7.99. The molecular formula is C14H17NO2S. The summed E-state index contributed by atoms with van der Waals surface area (Å²) in [6.07, 6.45) is 2.09. The van der Waals surface area contributed by atoms with Crippen LogP contribution in [0.3, 0.4) is 0 Å². The molecule has 96 valence electrons. The third-order valence-electron chi connectivity index (χ3n) is 2.89. The predicted molar refractivity (Wildman–Crippen MR) is 76.3 cm³/mol. The predicted octanol–water partition coefficient (Wildman–Crippen LogP) is 3.52. The van der Waals surface area contributed by atoms with Crippen LogP contribution in [-0.2, 0) is 12.8 Å². The van der Waals surface area contributed by atoms with Crippen LogP contribution in [0.15, 0.2) is 24.4 Å². The summed E-state index contributed by atoms with van der Waals surface area (Å²) in [4.78, 5) is 11.0. The van der Waals surface area contributed by atoms with Gasteiger partial charge in [0.05, 0.1) is 5.56 Å². The number of aromatic nitrogens is 1. The number of carboxylic acids is 1. The van der Waals surface area contributed by atoms with Gasteiger partial charge in [-0.1, -0.05) is 19.9 Å². The van der Waals surface area contributed by atoms with E-state index in [0.717, 1.165) is 16.7 Å². The minimum absolute atomic E-state index is 0.340. The number of carboxylic acid groups (broad SMARTS) is 1. The molecule has 0 saturated carbocycles. The van der Waals surface area contributed by atoms with Crippen molar-refractivity contribution < 1.29 is 9.90 Å². The maximum Gasteiger partial charge on any atom is 0.335 e. The van der Waals surface area contributed by atoms with Crippen LogP contribution in [0.25, 0.3) is 10.9 Å². The van der Waals surface area contributed by atoms with Crippen molar-refractivity contribution in [3.8, 4) is 0 Å². The van der Waals surface area contributed by atoms with E-state index in [-0.39, 0.29) is 0 Å². The van der Waals surface area contributed by atoms with Crippen molar-refractivity contribution in [3.05, 3.63) is 35.5 Å². The molecule has 0 atom stereocenters. The van der Waals surface area contributed by atoms with Crippen LogP contribution in [0.4, 0.5) is 0 Å². The summed E-state index contributed by atoms with van der Waals surface area (Å²) in [5.74, 6) is 0.0812. The van der Waals surface area contributed by atoms with Gasteiger partial charge in [0.25, 0.3) is 0 Å². The number of benzene rings is 1. The number of aromatic carboxylic acids is 1. The fourth-order valence-corrected chi connectivity index (χ4v) is 2.72. The number of fused-ring (bicyclic) bond motifs is 1. The maximum absolute atomic E-state index is 11.0. The zero-order valence-electron chi connectivity index (χ0n) is 10.8. The summed E-state index contributed by atoms with van der Waals surface area (Å²) < 4.78 is 2.00. The van der Waals surface area contributed by atoms with Gasteiger partial charge in [0.1, 0.15) is 0 Å². The monoisotopic (exact) mass is 263 g/mol. The Morgan fingerprint density at radius 3 is 2.78 bits per heavy atom. The molecule has 1 aromatic carbocycles. The quantitative estimate of drug-likeness (QED) is 0.917. The van der Waals surface area contributed by atoms with Gasteiger partial charge in [0.15, 0.2) is 0 Å². The highest BCUT2D eigenvalue weighted by Gasteiger charge is 2.10. The number of nitrogens with zero attached hydrogens (tertiary/aromatic N) is 1. The fraction of sp³-hybridized carbons (Fsp3) is 0.357. The van der Waals surface area contributed by atoms with Crippen molar-refractivity contribution in [2.45, 2.75) is 24.9 Å². The summed E-state index contributed by atoms with van der Waals surface area (Å²) >= 11 is 1.89. The molecule has 0 unspecified atom stereocenters. The van der Waals surface area contributed by atoms with Crippen LogP contribution < -0.4 is 0 Å². The van der Waals surface area contributed by atoms with E-state index in [4.69, 9.17) is 5.11 Å². The van der Waals surface area contributed by atoms with Gasteiger partial charge in [0, 0.05) is 29.9 Å². The van der Waals surface area contributed by atoms with Gasteiger partial charge in [-0.3, -0.25) is 0 Å². The molecule has 3 nitrogen and oxygen atoms in total. The number of aryl methyl sites for hydroxylation is 1. The number of rotatable bonds is 4. The molecule has 0 saturated heterocycles. The Kier molecular flexibility index (Phi) is 3.66. The molecule has 0 amide bonds. The fourth-order valence-electron chi connectivity index (χ4n) is 1.97. The molecule has 2 aromatic rings. The molecule has 0 aliphatic heterocycles. The van der Waals surface area contributed by atoms with Crippen molar-refractivity contribution in [1.82, 2.24) is 4.57 Å². The van der Waals surface area contributed by atoms with Crippen molar-refractivity contribution >= 4 is 28.6 Å². The second-order valence-corrected chi connectivity index (χ2v) is 6.23. The van der Waals surface area contributed by atoms with Crippen LogP contribution in [-0.4, -0.2) is 20.9 Å². The first kappa shape index (κ1) is 13.0. The third-order valence-corrected chi connectivity index (χ3v) is 4.04. The van der Waals surface area contributed by atoms with E-state index in [0.29, 0.717) is 10.8 Å². The van der Waals surface area contributed by atoms with Gasteiger partial charge in [-0.15, -0.1) is 0 Å². The second kappa shape index (κ2) is 5.06. The lowest BCUT2D eigenvalue weighted by Gasteiger charge is -2.03. The number of hydrogen-bond donors (Lipinski definition) is 1. The molecule has 4 heteroatoms. The Bertz CT molecular complexity index is 587. The molecule has 0 spiro atoms. The van der Waals surface area contributed by atoms with E-state index in [1.54, 1.807) is 12.1 Å². The van der Waals surface area contributed by atoms with Crippen LogP contribution >= 0.6 is 11.8 Å². The van der Waals surface area contributed by atoms with E-state index < -0.39 is 5.97 Å². The van der Waals surface area contributed by atoms with Crippen molar-refractivity contribution in [2.24, 2.45) is 7.05 Å². The summed E-state index contributed by atoms with van der Waals surface area (Å²) in [7, 11) is 1.96. The van der Waals surface area contributed by atoms with Crippen LogP contribution in [0.5, 0.6) is 0 Å². The lowest BCUT2D eigenvalue weighted by Crippen LogP contribution is -1.96. The summed E-state index contributed by atoms with van der Waals surface area (Å²) in [5.41, 5.74) is 2.59. The number of thioether (sulfide) groups is 1. The van der Waals surface area contributed by atoms with E-state index in [9.17, 15) is 4.79 Å². The molecule has 2 rings (SSSR count). The van der Waals surface area contributed by atoms with Gasteiger partial charge in [-0.2, -0.15) is 11.8 Å². The smallest absolute Gasteiger partial charge is 0.335 e. The first-order chi connectivity index (χ1) is 8.49. The first-order valence-corrected chi connectivity index (χ1v) is 6.96. The second-order valence-electron chi connectivity index (χ2n) is 4.66. The molecule has 1 aromatic heterocycles. The molecule has 18 heavy (non-hydrogen) atoms. The van der Waals surface area contributed by atoms with Crippen LogP contribution in [0.2, 0.25) is 0 Å². The summed E-state index contributed by atoms with van der Waals surface area (Å²) in [5, 5.41) is 10.7. The van der Waals surface area contributed by atoms with E-state index in [1.807, 2.05) is 29.4 Å². The van der Waals surface area contributed by atoms with E-state index >= 15 is 0 Å². The van der Waals surface area contributed by atoms with Gasteiger partial charge < -0.3 is 9.67 Å². The molecule has 1 heterocycles. The number of carbonyl (C=O) groups is 1. The molecule has 0 fully saturated rings. The van der Waals surface area contributed by atoms with Gasteiger partial charge in [-0.05, 0) is 22.9 Å². The zero-order chi connectivity index (χ0) is 13.3. The molecular weight excluding hydrogens is 246 g/mol. The molecule has 0 aliphatic carbocycles. The topological polar surface area (TPSA) is 42.2 Å². The van der Waals surface area contributed by atoms with Crippen molar-refractivity contribution in [2.75, 3.05) is 0 Å². The van der Waals surface area contributed by atoms with Crippen molar-refractivity contribution in [1.29, 1.82) is 0 Å². The Morgan fingerprint density at radius 2 is 2.17 bits per heavy atom. The summed E-state index contributed by atoms with van der Waals surface area (Å²) in [6.45, 7) is 4.36. The average molecular weight is 263 g/mol. The SMILES string of the molecule is CC(C)SCc1cn(C)c2cc(C(=O)O)ccc12. The Labute approximate surface area is 111 Å². The van der Waals surface area contributed by atoms with Gasteiger partial charge >= 0.3 is 5.97 Å². The Morgan fingerprint density at radius 1 is 1.44 bits per heavy atom. The highest BCUT2D eigenvalue weighted by atomic mass is 32.2. The van der Waals surface area contributed by atoms with Crippen LogP contribution in [0, 0.1) is 0 Å². The summed E-state index contributed by atoms with van der Waals surface area (Å²) in [6, 6.07) is 5.32. The van der Waals surface area contributed by atoms with Crippen LogP contribution in [0.1, 0.15) is 29.8 Å². The molecule has 1 N–H and O–H groups in total. The first-order valence-electron chi connectivity index (χ1n) is 5.92. The van der Waals surface area contributed by atoms with Crippen molar-refractivity contribution in [3.63, 3.8) is 0 Å².